The third-order valence-corrected chi connectivity index (χ3v) is 2.65. The lowest BCUT2D eigenvalue weighted by Gasteiger charge is -2.01. The van der Waals surface area contributed by atoms with E-state index in [0.29, 0.717) is 6.61 Å². The second-order valence-corrected chi connectivity index (χ2v) is 4.56. The fraction of sp³-hybridized carbons (Fsp3) is 0.706. The molecule has 19 heavy (non-hydrogen) atoms. The van der Waals surface area contributed by atoms with Crippen molar-refractivity contribution in [1.29, 1.82) is 0 Å². The second-order valence-electron chi connectivity index (χ2n) is 4.56. The molecule has 0 aliphatic carbocycles. The fourth-order valence-electron chi connectivity index (χ4n) is 1.54. The van der Waals surface area contributed by atoms with E-state index in [0.717, 1.165) is 32.1 Å². The standard InChI is InChI=1S/C17H26O2/c1-3-4-5-6-7-8-9-10-11-12-13-14-15-16-19-17(2)18/h3-5,10-16H2,1-2H3. The molecule has 0 aromatic heterocycles. The van der Waals surface area contributed by atoms with Crippen molar-refractivity contribution in [1.82, 2.24) is 0 Å². The van der Waals surface area contributed by atoms with Gasteiger partial charge in [0.05, 0.1) is 6.61 Å². The molecule has 0 rings (SSSR count). The topological polar surface area (TPSA) is 26.3 Å². The van der Waals surface area contributed by atoms with Crippen LogP contribution in [0.4, 0.5) is 0 Å². The first kappa shape index (κ1) is 17.6. The maximum atomic E-state index is 10.5. The minimum atomic E-state index is -0.185. The van der Waals surface area contributed by atoms with E-state index >= 15 is 0 Å². The van der Waals surface area contributed by atoms with Crippen molar-refractivity contribution >= 4 is 5.97 Å². The summed E-state index contributed by atoms with van der Waals surface area (Å²) in [7, 11) is 0. The average Bonchev–Trinajstić information content (AvgIpc) is 2.39. The monoisotopic (exact) mass is 262 g/mol. The summed E-state index contributed by atoms with van der Waals surface area (Å²) >= 11 is 0. The molecular weight excluding hydrogens is 236 g/mol. The molecule has 0 aromatic rings. The molecule has 0 saturated heterocycles. The van der Waals surface area contributed by atoms with Gasteiger partial charge in [-0.3, -0.25) is 4.79 Å². The molecule has 0 heterocycles. The largest absolute Gasteiger partial charge is 0.466 e. The number of carbonyl (C=O) groups is 1. The van der Waals surface area contributed by atoms with Gasteiger partial charge in [-0.2, -0.15) is 0 Å². The Morgan fingerprint density at radius 3 is 2.11 bits per heavy atom. The summed E-state index contributed by atoms with van der Waals surface area (Å²) in [5, 5.41) is 0. The normalized spacial score (nSPS) is 8.95. The molecule has 2 nitrogen and oxygen atoms in total. The van der Waals surface area contributed by atoms with Crippen molar-refractivity contribution in [2.45, 2.75) is 71.6 Å². The van der Waals surface area contributed by atoms with E-state index in [1.807, 2.05) is 0 Å². The minimum absolute atomic E-state index is 0.185. The van der Waals surface area contributed by atoms with E-state index in [-0.39, 0.29) is 5.97 Å². The Balaban J connectivity index is 3.24. The van der Waals surface area contributed by atoms with Gasteiger partial charge in [-0.05, 0) is 31.1 Å². The van der Waals surface area contributed by atoms with Crippen LogP contribution in [0.5, 0.6) is 0 Å². The van der Waals surface area contributed by atoms with Crippen LogP contribution in [0.15, 0.2) is 0 Å². The van der Waals surface area contributed by atoms with Crippen LogP contribution in [0.1, 0.15) is 71.6 Å². The van der Waals surface area contributed by atoms with Crippen LogP contribution in [0.2, 0.25) is 0 Å². The smallest absolute Gasteiger partial charge is 0.302 e. The molecule has 0 unspecified atom stereocenters. The lowest BCUT2D eigenvalue weighted by molar-refractivity contribution is -0.141. The number of ether oxygens (including phenoxy) is 1. The SMILES string of the molecule is CCCCC#CC#CCCCCCCCOC(C)=O. The Hall–Kier alpha value is -1.41. The van der Waals surface area contributed by atoms with Crippen LogP contribution in [0.25, 0.3) is 0 Å². The summed E-state index contributed by atoms with van der Waals surface area (Å²) in [5.74, 6) is 11.7. The molecule has 0 spiro atoms. The number of carbonyl (C=O) groups excluding carboxylic acids is 1. The van der Waals surface area contributed by atoms with Crippen molar-refractivity contribution in [2.75, 3.05) is 6.61 Å². The summed E-state index contributed by atoms with van der Waals surface area (Å²) in [4.78, 5) is 10.5. The number of hydrogen-bond donors (Lipinski definition) is 0. The molecule has 0 aliphatic rings. The molecule has 0 saturated carbocycles. The van der Waals surface area contributed by atoms with E-state index in [1.165, 1.54) is 32.6 Å². The van der Waals surface area contributed by atoms with E-state index in [9.17, 15) is 4.79 Å². The lowest BCUT2D eigenvalue weighted by Crippen LogP contribution is -1.99. The van der Waals surface area contributed by atoms with E-state index in [4.69, 9.17) is 4.74 Å². The van der Waals surface area contributed by atoms with Crippen LogP contribution < -0.4 is 0 Å². The van der Waals surface area contributed by atoms with Gasteiger partial charge < -0.3 is 4.74 Å². The third kappa shape index (κ3) is 16.6. The minimum Gasteiger partial charge on any atom is -0.466 e. The third-order valence-electron chi connectivity index (χ3n) is 2.65. The summed E-state index contributed by atoms with van der Waals surface area (Å²) < 4.78 is 4.87. The molecule has 106 valence electrons. The highest BCUT2D eigenvalue weighted by atomic mass is 16.5. The lowest BCUT2D eigenvalue weighted by atomic mass is 10.1. The van der Waals surface area contributed by atoms with Crippen LogP contribution >= 0.6 is 0 Å². The predicted octanol–water partition coefficient (Wildman–Crippen LogP) is 4.09. The zero-order chi connectivity index (χ0) is 14.2. The molecule has 2 heteroatoms. The molecule has 0 radical (unpaired) electrons. The quantitative estimate of drug-likeness (QED) is 0.355. The van der Waals surface area contributed by atoms with Crippen molar-refractivity contribution < 1.29 is 9.53 Å². The zero-order valence-corrected chi connectivity index (χ0v) is 12.4. The van der Waals surface area contributed by atoms with Crippen molar-refractivity contribution in [3.8, 4) is 23.7 Å². The Bertz CT molecular complexity index is 336. The molecule has 0 N–H and O–H groups in total. The second kappa shape index (κ2) is 14.7. The van der Waals surface area contributed by atoms with Crippen LogP contribution in [0, 0.1) is 23.7 Å². The number of hydrogen-bond acceptors (Lipinski definition) is 2. The van der Waals surface area contributed by atoms with Gasteiger partial charge in [0.1, 0.15) is 0 Å². The Labute approximate surface area is 118 Å². The Kier molecular flexibility index (Phi) is 13.6. The Morgan fingerprint density at radius 2 is 1.47 bits per heavy atom. The molecule has 0 bridgehead atoms. The molecular formula is C17H26O2. The van der Waals surface area contributed by atoms with Crippen LogP contribution in [-0.2, 0) is 9.53 Å². The van der Waals surface area contributed by atoms with Gasteiger partial charge in [0, 0.05) is 19.8 Å². The number of rotatable bonds is 9. The summed E-state index contributed by atoms with van der Waals surface area (Å²) in [6, 6.07) is 0. The van der Waals surface area contributed by atoms with Gasteiger partial charge in [0.2, 0.25) is 0 Å². The zero-order valence-electron chi connectivity index (χ0n) is 12.4. The Morgan fingerprint density at radius 1 is 0.895 bits per heavy atom. The van der Waals surface area contributed by atoms with Crippen molar-refractivity contribution in [3.63, 3.8) is 0 Å². The maximum absolute atomic E-state index is 10.5. The van der Waals surface area contributed by atoms with Gasteiger partial charge in [-0.15, -0.1) is 0 Å². The summed E-state index contributed by atoms with van der Waals surface area (Å²) in [6.45, 7) is 4.17. The molecule has 0 aromatic carbocycles. The summed E-state index contributed by atoms with van der Waals surface area (Å²) in [5.41, 5.74) is 0. The van der Waals surface area contributed by atoms with Gasteiger partial charge in [-0.1, -0.05) is 44.4 Å². The number of esters is 1. The van der Waals surface area contributed by atoms with Gasteiger partial charge in [-0.25, -0.2) is 0 Å². The van der Waals surface area contributed by atoms with Gasteiger partial charge in [0.15, 0.2) is 0 Å². The average molecular weight is 262 g/mol. The van der Waals surface area contributed by atoms with Crippen molar-refractivity contribution in [2.24, 2.45) is 0 Å². The van der Waals surface area contributed by atoms with Crippen LogP contribution in [-0.4, -0.2) is 12.6 Å². The van der Waals surface area contributed by atoms with E-state index in [1.54, 1.807) is 0 Å². The van der Waals surface area contributed by atoms with Gasteiger partial charge in [0.25, 0.3) is 0 Å². The van der Waals surface area contributed by atoms with Crippen molar-refractivity contribution in [3.05, 3.63) is 0 Å². The number of unbranched alkanes of at least 4 members (excludes halogenated alkanes) is 7. The molecule has 0 aliphatic heterocycles. The van der Waals surface area contributed by atoms with E-state index < -0.39 is 0 Å². The highest BCUT2D eigenvalue weighted by Crippen LogP contribution is 2.04. The first-order valence-corrected chi connectivity index (χ1v) is 7.36. The highest BCUT2D eigenvalue weighted by Gasteiger charge is 1.93. The molecule has 0 atom stereocenters. The van der Waals surface area contributed by atoms with Gasteiger partial charge >= 0.3 is 5.97 Å². The molecule has 0 amide bonds. The fourth-order valence-corrected chi connectivity index (χ4v) is 1.54. The highest BCUT2D eigenvalue weighted by molar-refractivity contribution is 5.65. The first-order chi connectivity index (χ1) is 9.27. The predicted molar refractivity (Wildman–Crippen MR) is 79.4 cm³/mol. The maximum Gasteiger partial charge on any atom is 0.302 e. The van der Waals surface area contributed by atoms with E-state index in [2.05, 4.69) is 30.6 Å². The molecule has 0 fully saturated rings. The first-order valence-electron chi connectivity index (χ1n) is 7.36. The summed E-state index contributed by atoms with van der Waals surface area (Å²) in [6.07, 6.45) is 9.87. The van der Waals surface area contributed by atoms with Crippen LogP contribution in [0.3, 0.4) is 0 Å².